The van der Waals surface area contributed by atoms with Gasteiger partial charge in [0, 0.05) is 39.4 Å². The molecule has 0 radical (unpaired) electrons. The lowest BCUT2D eigenvalue weighted by atomic mass is 10.2. The average Bonchev–Trinajstić information content (AvgIpc) is 2.64. The van der Waals surface area contributed by atoms with Gasteiger partial charge in [0.1, 0.15) is 18.0 Å². The van der Waals surface area contributed by atoms with Gasteiger partial charge in [-0.3, -0.25) is 0 Å². The van der Waals surface area contributed by atoms with E-state index >= 15 is 0 Å². The molecule has 0 bridgehead atoms. The highest BCUT2D eigenvalue weighted by molar-refractivity contribution is 5.48. The third kappa shape index (κ3) is 4.33. The average molecular weight is 265 g/mol. The first kappa shape index (κ1) is 14.0. The number of methoxy groups -OCH3 is 1. The Balaban J connectivity index is 2.00. The molecule has 1 aromatic rings. The summed E-state index contributed by atoms with van der Waals surface area (Å²) in [7, 11) is 1.69. The lowest BCUT2D eigenvalue weighted by Crippen LogP contribution is -2.30. The van der Waals surface area contributed by atoms with E-state index in [0.29, 0.717) is 12.5 Å². The molecule has 19 heavy (non-hydrogen) atoms. The van der Waals surface area contributed by atoms with Gasteiger partial charge in [0.2, 0.25) is 0 Å². The Kier molecular flexibility index (Phi) is 5.35. The zero-order chi connectivity index (χ0) is 13.5. The van der Waals surface area contributed by atoms with E-state index in [1.807, 2.05) is 6.07 Å². The van der Waals surface area contributed by atoms with Crippen molar-refractivity contribution in [3.8, 4) is 0 Å². The van der Waals surface area contributed by atoms with Crippen molar-refractivity contribution in [3.05, 3.63) is 12.4 Å². The SMILES string of the molecule is COCCNc1cc(N2CCNCC(C)C2)ncn1. The second-order valence-electron chi connectivity index (χ2n) is 4.94. The van der Waals surface area contributed by atoms with Gasteiger partial charge in [-0.25, -0.2) is 9.97 Å². The highest BCUT2D eigenvalue weighted by atomic mass is 16.5. The minimum Gasteiger partial charge on any atom is -0.383 e. The molecule has 6 nitrogen and oxygen atoms in total. The number of hydrogen-bond donors (Lipinski definition) is 2. The lowest BCUT2D eigenvalue weighted by Gasteiger charge is -2.23. The number of anilines is 2. The Morgan fingerprint density at radius 1 is 1.53 bits per heavy atom. The molecule has 1 aromatic heterocycles. The molecule has 0 spiro atoms. The number of aromatic nitrogens is 2. The van der Waals surface area contributed by atoms with E-state index in [-0.39, 0.29) is 0 Å². The van der Waals surface area contributed by atoms with Gasteiger partial charge in [-0.1, -0.05) is 6.92 Å². The Morgan fingerprint density at radius 2 is 2.42 bits per heavy atom. The van der Waals surface area contributed by atoms with Gasteiger partial charge >= 0.3 is 0 Å². The second-order valence-corrected chi connectivity index (χ2v) is 4.94. The molecular formula is C13H23N5O. The summed E-state index contributed by atoms with van der Waals surface area (Å²) in [4.78, 5) is 10.9. The molecule has 0 amide bonds. The molecule has 2 N–H and O–H groups in total. The fourth-order valence-electron chi connectivity index (χ4n) is 2.20. The summed E-state index contributed by atoms with van der Waals surface area (Å²) in [6, 6.07) is 2.01. The van der Waals surface area contributed by atoms with Crippen LogP contribution < -0.4 is 15.5 Å². The highest BCUT2D eigenvalue weighted by Crippen LogP contribution is 2.16. The van der Waals surface area contributed by atoms with Gasteiger partial charge < -0.3 is 20.3 Å². The van der Waals surface area contributed by atoms with Crippen molar-refractivity contribution in [1.29, 1.82) is 0 Å². The van der Waals surface area contributed by atoms with Gasteiger partial charge in [0.15, 0.2) is 0 Å². The maximum absolute atomic E-state index is 5.02. The molecule has 106 valence electrons. The number of nitrogens with zero attached hydrogens (tertiary/aromatic N) is 3. The fraction of sp³-hybridized carbons (Fsp3) is 0.692. The lowest BCUT2D eigenvalue weighted by molar-refractivity contribution is 0.210. The van der Waals surface area contributed by atoms with Crippen molar-refractivity contribution in [2.24, 2.45) is 5.92 Å². The van der Waals surface area contributed by atoms with Crippen LogP contribution in [0.5, 0.6) is 0 Å². The predicted molar refractivity (Wildman–Crippen MR) is 76.6 cm³/mol. The third-order valence-corrected chi connectivity index (χ3v) is 3.17. The molecule has 1 aliphatic heterocycles. The topological polar surface area (TPSA) is 62.3 Å². The quantitative estimate of drug-likeness (QED) is 0.760. The van der Waals surface area contributed by atoms with Crippen LogP contribution in [0.2, 0.25) is 0 Å². The third-order valence-electron chi connectivity index (χ3n) is 3.17. The van der Waals surface area contributed by atoms with Crippen molar-refractivity contribution in [3.63, 3.8) is 0 Å². The Morgan fingerprint density at radius 3 is 3.26 bits per heavy atom. The zero-order valence-electron chi connectivity index (χ0n) is 11.7. The predicted octanol–water partition coefficient (Wildman–Crippen LogP) is 0.581. The highest BCUT2D eigenvalue weighted by Gasteiger charge is 2.16. The monoisotopic (exact) mass is 265 g/mol. The van der Waals surface area contributed by atoms with Crippen LogP contribution in [0, 0.1) is 5.92 Å². The first-order valence-electron chi connectivity index (χ1n) is 6.80. The molecule has 2 rings (SSSR count). The van der Waals surface area contributed by atoms with E-state index in [1.54, 1.807) is 13.4 Å². The molecule has 0 aromatic carbocycles. The summed E-state index contributed by atoms with van der Waals surface area (Å²) in [5.74, 6) is 2.47. The molecule has 1 aliphatic rings. The van der Waals surface area contributed by atoms with E-state index < -0.39 is 0 Å². The Hall–Kier alpha value is -1.40. The van der Waals surface area contributed by atoms with Gasteiger partial charge in [-0.05, 0) is 12.5 Å². The van der Waals surface area contributed by atoms with Crippen LogP contribution in [-0.4, -0.2) is 56.4 Å². The minimum absolute atomic E-state index is 0.627. The van der Waals surface area contributed by atoms with Gasteiger partial charge in [0.25, 0.3) is 0 Å². The van der Waals surface area contributed by atoms with Crippen molar-refractivity contribution < 1.29 is 4.74 Å². The molecule has 6 heteroatoms. The maximum Gasteiger partial charge on any atom is 0.134 e. The van der Waals surface area contributed by atoms with Crippen LogP contribution in [0.1, 0.15) is 6.92 Å². The van der Waals surface area contributed by atoms with Gasteiger partial charge in [0.05, 0.1) is 6.61 Å². The van der Waals surface area contributed by atoms with Crippen molar-refractivity contribution >= 4 is 11.6 Å². The van der Waals surface area contributed by atoms with Crippen LogP contribution in [0.25, 0.3) is 0 Å². The number of ether oxygens (including phenoxy) is 1. The maximum atomic E-state index is 5.02. The standard InChI is InChI=1S/C13H23N5O/c1-11-8-14-3-5-18(9-11)13-7-12(16-10-17-13)15-4-6-19-2/h7,10-11,14H,3-6,8-9H2,1-2H3,(H,15,16,17). The van der Waals surface area contributed by atoms with Crippen LogP contribution in [0.15, 0.2) is 12.4 Å². The van der Waals surface area contributed by atoms with Crippen LogP contribution in [-0.2, 0) is 4.74 Å². The smallest absolute Gasteiger partial charge is 0.134 e. The van der Waals surface area contributed by atoms with Crippen LogP contribution >= 0.6 is 0 Å². The summed E-state index contributed by atoms with van der Waals surface area (Å²) in [5.41, 5.74) is 0. The van der Waals surface area contributed by atoms with E-state index in [4.69, 9.17) is 4.74 Å². The fourth-order valence-corrected chi connectivity index (χ4v) is 2.20. The van der Waals surface area contributed by atoms with Gasteiger partial charge in [-0.15, -0.1) is 0 Å². The largest absolute Gasteiger partial charge is 0.383 e. The number of hydrogen-bond acceptors (Lipinski definition) is 6. The molecule has 1 unspecified atom stereocenters. The van der Waals surface area contributed by atoms with Crippen molar-refractivity contribution in [1.82, 2.24) is 15.3 Å². The molecule has 1 saturated heterocycles. The first-order chi connectivity index (χ1) is 9.29. The van der Waals surface area contributed by atoms with E-state index in [2.05, 4.69) is 32.4 Å². The van der Waals surface area contributed by atoms with Crippen LogP contribution in [0.4, 0.5) is 11.6 Å². The first-order valence-corrected chi connectivity index (χ1v) is 6.80. The Bertz CT molecular complexity index is 387. The molecule has 1 atom stereocenters. The molecule has 2 heterocycles. The van der Waals surface area contributed by atoms with Crippen molar-refractivity contribution in [2.45, 2.75) is 6.92 Å². The van der Waals surface area contributed by atoms with Gasteiger partial charge in [-0.2, -0.15) is 0 Å². The van der Waals surface area contributed by atoms with Crippen LogP contribution in [0.3, 0.4) is 0 Å². The molecule has 1 fully saturated rings. The molecule has 0 saturated carbocycles. The Labute approximate surface area is 114 Å². The summed E-state index contributed by atoms with van der Waals surface area (Å²) in [5, 5.41) is 6.67. The number of rotatable bonds is 5. The van der Waals surface area contributed by atoms with Crippen molar-refractivity contribution in [2.75, 3.05) is 56.7 Å². The summed E-state index contributed by atoms with van der Waals surface area (Å²) in [6.07, 6.45) is 1.62. The molecular weight excluding hydrogens is 242 g/mol. The van der Waals surface area contributed by atoms with E-state index in [1.165, 1.54) is 0 Å². The van der Waals surface area contributed by atoms with E-state index in [9.17, 15) is 0 Å². The second kappa shape index (κ2) is 7.25. The normalized spacial score (nSPS) is 20.1. The molecule has 0 aliphatic carbocycles. The van der Waals surface area contributed by atoms with E-state index in [0.717, 1.165) is 44.4 Å². The minimum atomic E-state index is 0.627. The summed E-state index contributed by atoms with van der Waals surface area (Å²) in [6.45, 7) is 7.76. The summed E-state index contributed by atoms with van der Waals surface area (Å²) >= 11 is 0. The zero-order valence-corrected chi connectivity index (χ0v) is 11.7. The summed E-state index contributed by atoms with van der Waals surface area (Å²) < 4.78 is 5.02. The number of nitrogens with one attached hydrogen (secondary N) is 2.